The van der Waals surface area contributed by atoms with Crippen LogP contribution in [0.25, 0.3) is 0 Å². The van der Waals surface area contributed by atoms with Crippen molar-refractivity contribution >= 4 is 27.5 Å². The number of halogens is 5. The van der Waals surface area contributed by atoms with Gasteiger partial charge in [-0.1, -0.05) is 23.7 Å². The van der Waals surface area contributed by atoms with E-state index >= 15 is 0 Å². The molecule has 21 heavy (non-hydrogen) atoms. The van der Waals surface area contributed by atoms with Gasteiger partial charge in [0, 0.05) is 5.02 Å². The number of hydrogen-bond acceptors (Lipinski definition) is 2. The molecule has 2 nitrogen and oxygen atoms in total. The summed E-state index contributed by atoms with van der Waals surface area (Å²) in [4.78, 5) is 0. The van der Waals surface area contributed by atoms with Gasteiger partial charge in [-0.3, -0.25) is 0 Å². The van der Waals surface area contributed by atoms with Crippen LogP contribution in [0.1, 0.15) is 5.56 Å². The lowest BCUT2D eigenvalue weighted by Gasteiger charge is -2.12. The molecule has 0 saturated heterocycles. The molecular formula is C14H9BrClF3O2. The minimum Gasteiger partial charge on any atom is -0.489 e. The molecule has 0 saturated carbocycles. The second-order valence-corrected chi connectivity index (χ2v) is 5.35. The van der Waals surface area contributed by atoms with Crippen molar-refractivity contribution in [3.05, 3.63) is 57.5 Å². The molecule has 0 aliphatic carbocycles. The maximum absolute atomic E-state index is 12.1. The largest absolute Gasteiger partial charge is 0.573 e. The van der Waals surface area contributed by atoms with Crippen molar-refractivity contribution in [3.63, 3.8) is 0 Å². The van der Waals surface area contributed by atoms with Gasteiger partial charge in [0.25, 0.3) is 0 Å². The van der Waals surface area contributed by atoms with Crippen LogP contribution in [0.3, 0.4) is 0 Å². The molecule has 0 aliphatic heterocycles. The van der Waals surface area contributed by atoms with E-state index in [2.05, 4.69) is 20.7 Å². The summed E-state index contributed by atoms with van der Waals surface area (Å²) in [5, 5.41) is 0.621. The molecule has 0 spiro atoms. The summed E-state index contributed by atoms with van der Waals surface area (Å²) < 4.78 is 45.9. The number of ether oxygens (including phenoxy) is 2. The third-order valence-electron chi connectivity index (χ3n) is 2.45. The van der Waals surface area contributed by atoms with E-state index in [9.17, 15) is 13.2 Å². The van der Waals surface area contributed by atoms with Crippen LogP contribution in [0.2, 0.25) is 5.02 Å². The van der Waals surface area contributed by atoms with Crippen molar-refractivity contribution in [1.29, 1.82) is 0 Å². The number of hydrogen-bond donors (Lipinski definition) is 0. The lowest BCUT2D eigenvalue weighted by Crippen LogP contribution is -2.17. The molecule has 0 N–H and O–H groups in total. The molecule has 0 atom stereocenters. The number of rotatable bonds is 4. The lowest BCUT2D eigenvalue weighted by atomic mass is 10.2. The van der Waals surface area contributed by atoms with Crippen LogP contribution < -0.4 is 9.47 Å². The third-order valence-corrected chi connectivity index (χ3v) is 3.32. The SMILES string of the molecule is FC(F)(F)Oc1ccc(OCc2ccc(Cl)cc2)cc1Br. The van der Waals surface area contributed by atoms with E-state index < -0.39 is 6.36 Å². The zero-order valence-corrected chi connectivity index (χ0v) is 12.8. The van der Waals surface area contributed by atoms with Gasteiger partial charge >= 0.3 is 6.36 Å². The summed E-state index contributed by atoms with van der Waals surface area (Å²) in [5.74, 6) is 0.104. The summed E-state index contributed by atoms with van der Waals surface area (Å²) in [7, 11) is 0. The Labute approximate surface area is 132 Å². The van der Waals surface area contributed by atoms with E-state index in [1.54, 1.807) is 24.3 Å². The molecule has 112 valence electrons. The Morgan fingerprint density at radius 2 is 1.71 bits per heavy atom. The van der Waals surface area contributed by atoms with Crippen LogP contribution >= 0.6 is 27.5 Å². The minimum absolute atomic E-state index is 0.161. The lowest BCUT2D eigenvalue weighted by molar-refractivity contribution is -0.274. The quantitative estimate of drug-likeness (QED) is 0.688. The molecular weight excluding hydrogens is 373 g/mol. The second-order valence-electron chi connectivity index (χ2n) is 4.06. The summed E-state index contributed by atoms with van der Waals surface area (Å²) >= 11 is 8.78. The molecule has 0 unspecified atom stereocenters. The molecule has 0 aromatic heterocycles. The predicted molar refractivity (Wildman–Crippen MR) is 76.6 cm³/mol. The summed E-state index contributed by atoms with van der Waals surface area (Å²) in [5.41, 5.74) is 0.895. The Morgan fingerprint density at radius 1 is 1.05 bits per heavy atom. The normalized spacial score (nSPS) is 11.3. The van der Waals surface area contributed by atoms with Gasteiger partial charge in [-0.05, 0) is 51.8 Å². The van der Waals surface area contributed by atoms with Gasteiger partial charge < -0.3 is 9.47 Å². The maximum Gasteiger partial charge on any atom is 0.573 e. The van der Waals surface area contributed by atoms with Crippen LogP contribution in [0.5, 0.6) is 11.5 Å². The van der Waals surface area contributed by atoms with E-state index in [1.807, 2.05) is 0 Å². The Balaban J connectivity index is 2.01. The highest BCUT2D eigenvalue weighted by molar-refractivity contribution is 9.10. The summed E-state index contributed by atoms with van der Waals surface area (Å²) in [6.07, 6.45) is -4.73. The van der Waals surface area contributed by atoms with Crippen molar-refractivity contribution in [2.24, 2.45) is 0 Å². The smallest absolute Gasteiger partial charge is 0.489 e. The molecule has 0 aliphatic rings. The molecule has 2 rings (SSSR count). The molecule has 0 heterocycles. The van der Waals surface area contributed by atoms with Crippen LogP contribution in [0.4, 0.5) is 13.2 Å². The van der Waals surface area contributed by atoms with Gasteiger partial charge in [0.05, 0.1) is 4.47 Å². The van der Waals surface area contributed by atoms with Crippen LogP contribution in [-0.4, -0.2) is 6.36 Å². The molecule has 7 heteroatoms. The Hall–Kier alpha value is -1.40. The molecule has 0 amide bonds. The van der Waals surface area contributed by atoms with E-state index in [0.717, 1.165) is 5.56 Å². The van der Waals surface area contributed by atoms with Crippen molar-refractivity contribution in [2.45, 2.75) is 13.0 Å². The van der Waals surface area contributed by atoms with Crippen LogP contribution in [0, 0.1) is 0 Å². The van der Waals surface area contributed by atoms with E-state index in [-0.39, 0.29) is 16.8 Å². The van der Waals surface area contributed by atoms with Crippen LogP contribution in [-0.2, 0) is 6.61 Å². The minimum atomic E-state index is -4.73. The fourth-order valence-corrected chi connectivity index (χ4v) is 2.09. The first-order chi connectivity index (χ1) is 9.83. The summed E-state index contributed by atoms with van der Waals surface area (Å²) in [6, 6.07) is 11.1. The maximum atomic E-state index is 12.1. The first kappa shape index (κ1) is 16.0. The Morgan fingerprint density at radius 3 is 2.29 bits per heavy atom. The zero-order chi connectivity index (χ0) is 15.5. The second kappa shape index (κ2) is 6.58. The van der Waals surface area contributed by atoms with Crippen molar-refractivity contribution in [3.8, 4) is 11.5 Å². The third kappa shape index (κ3) is 5.13. The first-order valence-electron chi connectivity index (χ1n) is 5.76. The molecule has 2 aromatic carbocycles. The van der Waals surface area contributed by atoms with Gasteiger partial charge in [0.2, 0.25) is 0 Å². The zero-order valence-electron chi connectivity index (χ0n) is 10.5. The standard InChI is InChI=1S/C14H9BrClF3O2/c15-12-7-11(5-6-13(12)21-14(17,18)19)20-8-9-1-3-10(16)4-2-9/h1-7H,8H2. The van der Waals surface area contributed by atoms with Crippen LogP contribution in [0.15, 0.2) is 46.9 Å². The van der Waals surface area contributed by atoms with Gasteiger partial charge in [0.15, 0.2) is 0 Å². The van der Waals surface area contributed by atoms with Crippen molar-refractivity contribution in [1.82, 2.24) is 0 Å². The predicted octanol–water partition coefficient (Wildman–Crippen LogP) is 5.58. The van der Waals surface area contributed by atoms with Crippen molar-refractivity contribution < 1.29 is 22.6 Å². The summed E-state index contributed by atoms with van der Waals surface area (Å²) in [6.45, 7) is 0.281. The fourth-order valence-electron chi connectivity index (χ4n) is 1.53. The molecule has 0 radical (unpaired) electrons. The highest BCUT2D eigenvalue weighted by Gasteiger charge is 2.31. The number of alkyl halides is 3. The highest BCUT2D eigenvalue weighted by Crippen LogP contribution is 2.33. The Kier molecular flexibility index (Phi) is 5.00. The van der Waals surface area contributed by atoms with Crippen molar-refractivity contribution in [2.75, 3.05) is 0 Å². The molecule has 2 aromatic rings. The fraction of sp³-hybridized carbons (Fsp3) is 0.143. The van der Waals surface area contributed by atoms with Gasteiger partial charge in [-0.2, -0.15) is 0 Å². The Bertz CT molecular complexity index is 615. The number of benzene rings is 2. The van der Waals surface area contributed by atoms with Gasteiger partial charge in [-0.15, -0.1) is 13.2 Å². The molecule has 0 fully saturated rings. The van der Waals surface area contributed by atoms with E-state index in [1.165, 1.54) is 18.2 Å². The monoisotopic (exact) mass is 380 g/mol. The topological polar surface area (TPSA) is 18.5 Å². The average molecular weight is 382 g/mol. The highest BCUT2D eigenvalue weighted by atomic mass is 79.9. The molecule has 0 bridgehead atoms. The average Bonchev–Trinajstić information content (AvgIpc) is 2.40. The van der Waals surface area contributed by atoms with Gasteiger partial charge in [0.1, 0.15) is 18.1 Å². The van der Waals surface area contributed by atoms with E-state index in [4.69, 9.17) is 16.3 Å². The van der Waals surface area contributed by atoms with E-state index in [0.29, 0.717) is 10.8 Å². The van der Waals surface area contributed by atoms with Gasteiger partial charge in [-0.25, -0.2) is 0 Å². The first-order valence-corrected chi connectivity index (χ1v) is 6.93.